The molecule has 1 aromatic heterocycles. The summed E-state index contributed by atoms with van der Waals surface area (Å²) in [6.07, 6.45) is 4.36. The molecule has 126 valence electrons. The van der Waals surface area contributed by atoms with E-state index in [9.17, 15) is 4.79 Å². The van der Waals surface area contributed by atoms with Gasteiger partial charge < -0.3 is 15.0 Å². The number of thiazole rings is 1. The van der Waals surface area contributed by atoms with Crippen molar-refractivity contribution in [3.63, 3.8) is 0 Å². The number of nitrogens with one attached hydrogen (secondary N) is 1. The fourth-order valence-corrected chi connectivity index (χ4v) is 3.76. The summed E-state index contributed by atoms with van der Waals surface area (Å²) < 4.78 is 5.45. The molecule has 1 saturated heterocycles. The van der Waals surface area contributed by atoms with Crippen LogP contribution in [0, 0.1) is 0 Å². The zero-order valence-corrected chi connectivity index (χ0v) is 14.5. The van der Waals surface area contributed by atoms with Crippen molar-refractivity contribution in [3.05, 3.63) is 53.6 Å². The molecule has 0 unspecified atom stereocenters. The molecule has 24 heavy (non-hydrogen) atoms. The molecule has 3 rings (SSSR count). The molecule has 0 aliphatic carbocycles. The molecule has 1 atom stereocenters. The Balaban J connectivity index is 1.67. The van der Waals surface area contributed by atoms with Gasteiger partial charge in [-0.05, 0) is 18.1 Å². The third-order valence-corrected chi connectivity index (χ3v) is 5.11. The van der Waals surface area contributed by atoms with E-state index in [1.807, 2.05) is 23.1 Å². The van der Waals surface area contributed by atoms with Crippen LogP contribution in [0.4, 0.5) is 5.13 Å². The largest absolute Gasteiger partial charge is 0.496 e. The Bertz CT molecular complexity index is 729. The van der Waals surface area contributed by atoms with Crippen molar-refractivity contribution in [1.29, 1.82) is 0 Å². The first-order chi connectivity index (χ1) is 11.7. The molecule has 2 aromatic rings. The summed E-state index contributed by atoms with van der Waals surface area (Å²) in [4.78, 5) is 19.5. The van der Waals surface area contributed by atoms with Crippen LogP contribution in [0.15, 0.2) is 43.1 Å². The van der Waals surface area contributed by atoms with E-state index in [0.29, 0.717) is 23.9 Å². The molecule has 5 nitrogen and oxygen atoms in total. The maximum atomic E-state index is 12.7. The molecule has 0 saturated carbocycles. The Morgan fingerprint density at radius 2 is 2.38 bits per heavy atom. The van der Waals surface area contributed by atoms with Gasteiger partial charge in [0.1, 0.15) is 10.6 Å². The lowest BCUT2D eigenvalue weighted by Gasteiger charge is -2.17. The number of benzene rings is 1. The molecule has 0 spiro atoms. The Morgan fingerprint density at radius 1 is 1.54 bits per heavy atom. The highest BCUT2D eigenvalue weighted by Crippen LogP contribution is 2.34. The second kappa shape index (κ2) is 7.49. The molecule has 1 fully saturated rings. The van der Waals surface area contributed by atoms with Gasteiger partial charge in [-0.25, -0.2) is 4.98 Å². The van der Waals surface area contributed by atoms with Gasteiger partial charge in [0.05, 0.1) is 13.3 Å². The number of rotatable bonds is 6. The highest BCUT2D eigenvalue weighted by atomic mass is 32.1. The molecule has 0 bridgehead atoms. The monoisotopic (exact) mass is 343 g/mol. The number of anilines is 1. The fourth-order valence-electron chi connectivity index (χ4n) is 2.97. The first-order valence-electron chi connectivity index (χ1n) is 7.95. The zero-order valence-electron chi connectivity index (χ0n) is 13.7. The second-order valence-electron chi connectivity index (χ2n) is 5.68. The zero-order chi connectivity index (χ0) is 16.9. The van der Waals surface area contributed by atoms with Gasteiger partial charge in [-0.15, -0.1) is 6.58 Å². The maximum absolute atomic E-state index is 12.7. The smallest absolute Gasteiger partial charge is 0.265 e. The Labute approximate surface area is 146 Å². The Kier molecular flexibility index (Phi) is 5.15. The standard InChI is InChI=1S/C18H21N3O2S/c1-3-9-19-18-20-11-16(24-18)17(22)21-10-8-13(12-21)14-6-4-5-7-15(14)23-2/h3-7,11,13H,1,8-10,12H2,2H3,(H,19,20)/t13-/m1/s1. The lowest BCUT2D eigenvalue weighted by atomic mass is 9.97. The van der Waals surface area contributed by atoms with Gasteiger partial charge in [0.2, 0.25) is 0 Å². The topological polar surface area (TPSA) is 54.5 Å². The number of aromatic nitrogens is 1. The molecule has 1 aliphatic rings. The predicted molar refractivity (Wildman–Crippen MR) is 97.1 cm³/mol. The minimum atomic E-state index is 0.0524. The van der Waals surface area contributed by atoms with Crippen LogP contribution in [0.5, 0.6) is 5.75 Å². The van der Waals surface area contributed by atoms with E-state index in [-0.39, 0.29) is 5.91 Å². The predicted octanol–water partition coefficient (Wildman–Crippen LogP) is 3.38. The highest BCUT2D eigenvalue weighted by Gasteiger charge is 2.30. The number of carbonyl (C=O) groups excluding carboxylic acids is 1. The first-order valence-corrected chi connectivity index (χ1v) is 8.77. The molecular formula is C18H21N3O2S. The number of carbonyl (C=O) groups is 1. The van der Waals surface area contributed by atoms with E-state index >= 15 is 0 Å². The minimum Gasteiger partial charge on any atom is -0.496 e. The van der Waals surface area contributed by atoms with Crippen LogP contribution in [-0.2, 0) is 0 Å². The molecule has 1 amide bonds. The molecule has 6 heteroatoms. The number of likely N-dealkylation sites (tertiary alicyclic amines) is 1. The summed E-state index contributed by atoms with van der Waals surface area (Å²) in [5.74, 6) is 1.26. The third kappa shape index (κ3) is 3.43. The first kappa shape index (κ1) is 16.5. The van der Waals surface area contributed by atoms with Gasteiger partial charge in [-0.2, -0.15) is 0 Å². The number of ether oxygens (including phenoxy) is 1. The van der Waals surface area contributed by atoms with Crippen molar-refractivity contribution < 1.29 is 9.53 Å². The van der Waals surface area contributed by atoms with E-state index in [1.54, 1.807) is 19.4 Å². The van der Waals surface area contributed by atoms with Crippen molar-refractivity contribution in [2.24, 2.45) is 0 Å². The summed E-state index contributed by atoms with van der Waals surface area (Å²) >= 11 is 1.39. The van der Waals surface area contributed by atoms with Crippen LogP contribution in [0.1, 0.15) is 27.6 Å². The Hall–Kier alpha value is -2.34. The van der Waals surface area contributed by atoms with Gasteiger partial charge in [0.25, 0.3) is 5.91 Å². The summed E-state index contributed by atoms with van der Waals surface area (Å²) in [6, 6.07) is 8.04. The highest BCUT2D eigenvalue weighted by molar-refractivity contribution is 7.17. The van der Waals surface area contributed by atoms with Crippen molar-refractivity contribution in [3.8, 4) is 5.75 Å². The quantitative estimate of drug-likeness (QED) is 0.817. The second-order valence-corrected chi connectivity index (χ2v) is 6.71. The SMILES string of the molecule is C=CCNc1ncc(C(=O)N2CC[C@@H](c3ccccc3OC)C2)s1. The van der Waals surface area contributed by atoms with Crippen LogP contribution >= 0.6 is 11.3 Å². The Morgan fingerprint density at radius 3 is 3.17 bits per heavy atom. The molecule has 1 aromatic carbocycles. The molecule has 0 radical (unpaired) electrons. The number of hydrogen-bond acceptors (Lipinski definition) is 5. The van der Waals surface area contributed by atoms with Crippen molar-refractivity contribution in [1.82, 2.24) is 9.88 Å². The lowest BCUT2D eigenvalue weighted by Crippen LogP contribution is -2.27. The molecule has 1 N–H and O–H groups in total. The fraction of sp³-hybridized carbons (Fsp3) is 0.333. The van der Waals surface area contributed by atoms with Crippen molar-refractivity contribution in [2.45, 2.75) is 12.3 Å². The number of para-hydroxylation sites is 1. The van der Waals surface area contributed by atoms with Crippen molar-refractivity contribution in [2.75, 3.05) is 32.1 Å². The van der Waals surface area contributed by atoms with Crippen LogP contribution in [0.2, 0.25) is 0 Å². The summed E-state index contributed by atoms with van der Waals surface area (Å²) in [5.41, 5.74) is 1.17. The minimum absolute atomic E-state index is 0.0524. The van der Waals surface area contributed by atoms with Gasteiger partial charge in [-0.3, -0.25) is 4.79 Å². The summed E-state index contributed by atoms with van der Waals surface area (Å²) in [7, 11) is 1.69. The van der Waals surface area contributed by atoms with Crippen LogP contribution in [0.25, 0.3) is 0 Å². The number of hydrogen-bond donors (Lipinski definition) is 1. The summed E-state index contributed by atoms with van der Waals surface area (Å²) in [6.45, 7) is 5.77. The van der Waals surface area contributed by atoms with E-state index in [2.05, 4.69) is 22.9 Å². The van der Waals surface area contributed by atoms with Crippen LogP contribution in [0.3, 0.4) is 0 Å². The van der Waals surface area contributed by atoms with Crippen molar-refractivity contribution >= 4 is 22.4 Å². The summed E-state index contributed by atoms with van der Waals surface area (Å²) in [5, 5.41) is 3.86. The average Bonchev–Trinajstić information content (AvgIpc) is 3.29. The van der Waals surface area contributed by atoms with Gasteiger partial charge in [0, 0.05) is 25.6 Å². The normalized spacial score (nSPS) is 16.9. The number of methoxy groups -OCH3 is 1. The maximum Gasteiger partial charge on any atom is 0.265 e. The van der Waals surface area contributed by atoms with E-state index in [4.69, 9.17) is 4.74 Å². The van der Waals surface area contributed by atoms with Crippen LogP contribution < -0.4 is 10.1 Å². The lowest BCUT2D eigenvalue weighted by molar-refractivity contribution is 0.0795. The van der Waals surface area contributed by atoms with Gasteiger partial charge >= 0.3 is 0 Å². The van der Waals surface area contributed by atoms with E-state index < -0.39 is 0 Å². The average molecular weight is 343 g/mol. The number of nitrogens with zero attached hydrogens (tertiary/aromatic N) is 2. The number of amides is 1. The van der Waals surface area contributed by atoms with E-state index in [0.717, 1.165) is 23.8 Å². The van der Waals surface area contributed by atoms with Crippen LogP contribution in [-0.4, -0.2) is 42.5 Å². The third-order valence-electron chi connectivity index (χ3n) is 4.17. The van der Waals surface area contributed by atoms with Gasteiger partial charge in [0.15, 0.2) is 5.13 Å². The molecule has 2 heterocycles. The van der Waals surface area contributed by atoms with E-state index in [1.165, 1.54) is 16.9 Å². The molecular weight excluding hydrogens is 322 g/mol. The van der Waals surface area contributed by atoms with Gasteiger partial charge in [-0.1, -0.05) is 35.6 Å². The molecule has 1 aliphatic heterocycles.